The Balaban J connectivity index is 1.40. The minimum absolute atomic E-state index is 0.00232. The average Bonchev–Trinajstić information content (AvgIpc) is 3.56. The number of benzene rings is 1. The monoisotopic (exact) mass is 613 g/mol. The van der Waals surface area contributed by atoms with E-state index in [0.29, 0.717) is 11.1 Å². The van der Waals surface area contributed by atoms with Crippen molar-refractivity contribution in [1.29, 1.82) is 0 Å². The van der Waals surface area contributed by atoms with Crippen LogP contribution in [0.25, 0.3) is 0 Å². The Morgan fingerprint density at radius 1 is 1.26 bits per heavy atom. The fourth-order valence-electron chi connectivity index (χ4n) is 6.51. The Bertz CT molecular complexity index is 1680. The average molecular weight is 614 g/mol. The van der Waals surface area contributed by atoms with Crippen LogP contribution in [0.4, 0.5) is 9.39 Å². The van der Waals surface area contributed by atoms with Crippen LogP contribution in [0, 0.1) is 23.6 Å². The normalized spacial score (nSPS) is 27.3. The highest BCUT2D eigenvalue weighted by molar-refractivity contribution is 7.91. The number of amidine groups is 1. The lowest BCUT2D eigenvalue weighted by Gasteiger charge is -2.44. The van der Waals surface area contributed by atoms with Crippen molar-refractivity contribution in [2.75, 3.05) is 17.3 Å². The molecular formula is C25H25ClFN3O6S3. The van der Waals surface area contributed by atoms with E-state index in [1.165, 1.54) is 18.2 Å². The van der Waals surface area contributed by atoms with Crippen LogP contribution in [0.15, 0.2) is 44.2 Å². The molecule has 1 amide bonds. The predicted molar refractivity (Wildman–Crippen MR) is 146 cm³/mol. The van der Waals surface area contributed by atoms with Gasteiger partial charge in [-0.25, -0.2) is 12.8 Å². The molecule has 2 bridgehead atoms. The van der Waals surface area contributed by atoms with Crippen LogP contribution in [0.2, 0.25) is 5.02 Å². The number of rotatable bonds is 6. The van der Waals surface area contributed by atoms with Crippen LogP contribution in [0.5, 0.6) is 0 Å². The Hall–Kier alpha value is -2.48. The first-order valence-electron chi connectivity index (χ1n) is 12.4. The SMILES string of the molecule is CS(=O)(=O)CCc1csc2c1S(=O)(=O)N=C(C1=C(O)C3C4CCC(C4)C3N(Cc3ccc(F)cc3Cl)C1=O)N2. The molecule has 14 heteroatoms. The van der Waals surface area contributed by atoms with Gasteiger partial charge in [-0.3, -0.25) is 4.79 Å². The molecule has 0 saturated heterocycles. The summed E-state index contributed by atoms with van der Waals surface area (Å²) in [4.78, 5) is 15.5. The lowest BCUT2D eigenvalue weighted by Crippen LogP contribution is -2.53. The molecule has 0 spiro atoms. The minimum Gasteiger partial charge on any atom is -0.511 e. The lowest BCUT2D eigenvalue weighted by atomic mass is 9.77. The van der Waals surface area contributed by atoms with Gasteiger partial charge in [0.15, 0.2) is 5.84 Å². The van der Waals surface area contributed by atoms with Gasteiger partial charge in [0.1, 0.15) is 36.9 Å². The molecule has 4 aliphatic rings. The Kier molecular flexibility index (Phi) is 6.36. The van der Waals surface area contributed by atoms with E-state index in [1.54, 1.807) is 10.3 Å². The number of thiophene rings is 1. The van der Waals surface area contributed by atoms with E-state index >= 15 is 0 Å². The third kappa shape index (κ3) is 4.56. The number of hydrogen-bond acceptors (Lipinski definition) is 8. The number of aliphatic hydroxyl groups excluding tert-OH is 1. The number of aryl methyl sites for hydroxylation is 1. The van der Waals surface area contributed by atoms with E-state index in [0.717, 1.165) is 36.9 Å². The van der Waals surface area contributed by atoms with Gasteiger partial charge in [-0.05, 0) is 66.2 Å². The molecule has 4 atom stereocenters. The molecule has 0 radical (unpaired) electrons. The first kappa shape index (κ1) is 26.7. The van der Waals surface area contributed by atoms with Crippen LogP contribution in [0.3, 0.4) is 0 Å². The molecule has 1 aromatic carbocycles. The van der Waals surface area contributed by atoms with Crippen LogP contribution >= 0.6 is 22.9 Å². The smallest absolute Gasteiger partial charge is 0.287 e. The van der Waals surface area contributed by atoms with E-state index in [9.17, 15) is 31.1 Å². The summed E-state index contributed by atoms with van der Waals surface area (Å²) >= 11 is 7.36. The molecule has 39 heavy (non-hydrogen) atoms. The van der Waals surface area contributed by atoms with Crippen molar-refractivity contribution < 1.29 is 31.1 Å². The quantitative estimate of drug-likeness (QED) is 0.505. The van der Waals surface area contributed by atoms with Crippen molar-refractivity contribution in [1.82, 2.24) is 4.90 Å². The third-order valence-electron chi connectivity index (χ3n) is 8.13. The number of halogens is 2. The fraction of sp³-hybridized carbons (Fsp3) is 0.440. The summed E-state index contributed by atoms with van der Waals surface area (Å²) in [6.07, 6.45) is 3.72. The number of aliphatic hydroxyl groups is 1. The highest BCUT2D eigenvalue weighted by Gasteiger charge is 2.57. The summed E-state index contributed by atoms with van der Waals surface area (Å²) in [7, 11) is -7.62. The lowest BCUT2D eigenvalue weighted by molar-refractivity contribution is -0.134. The van der Waals surface area contributed by atoms with Gasteiger partial charge in [0, 0.05) is 29.8 Å². The maximum Gasteiger partial charge on any atom is 0.287 e. The van der Waals surface area contributed by atoms with Crippen molar-refractivity contribution in [3.8, 4) is 0 Å². The van der Waals surface area contributed by atoms with Crippen LogP contribution in [-0.4, -0.2) is 56.6 Å². The van der Waals surface area contributed by atoms with Gasteiger partial charge in [-0.2, -0.15) is 8.42 Å². The molecule has 9 nitrogen and oxygen atoms in total. The molecule has 2 aliphatic carbocycles. The molecule has 2 fully saturated rings. The molecule has 2 aliphatic heterocycles. The van der Waals surface area contributed by atoms with Crippen molar-refractivity contribution in [2.45, 2.75) is 43.2 Å². The summed E-state index contributed by atoms with van der Waals surface area (Å²) in [6, 6.07) is 3.67. The predicted octanol–water partition coefficient (Wildman–Crippen LogP) is 3.91. The van der Waals surface area contributed by atoms with Gasteiger partial charge >= 0.3 is 0 Å². The summed E-state index contributed by atoms with van der Waals surface area (Å²) < 4.78 is 67.5. The fourth-order valence-corrected chi connectivity index (χ4v) is 10.00. The Morgan fingerprint density at radius 3 is 2.72 bits per heavy atom. The molecule has 208 valence electrons. The number of sulfone groups is 1. The molecule has 4 unspecified atom stereocenters. The summed E-state index contributed by atoms with van der Waals surface area (Å²) in [6.45, 7) is 0.0685. The number of carbonyl (C=O) groups is 1. The molecule has 3 heterocycles. The molecular weight excluding hydrogens is 589 g/mol. The van der Waals surface area contributed by atoms with E-state index in [4.69, 9.17) is 11.6 Å². The Labute approximate surface area is 234 Å². The summed E-state index contributed by atoms with van der Waals surface area (Å²) in [5.74, 6) is -1.81. The van der Waals surface area contributed by atoms with Gasteiger partial charge in [0.25, 0.3) is 15.9 Å². The van der Waals surface area contributed by atoms with Crippen LogP contribution in [0.1, 0.15) is 30.4 Å². The van der Waals surface area contributed by atoms with E-state index < -0.39 is 31.6 Å². The minimum atomic E-state index is -4.30. The van der Waals surface area contributed by atoms with Crippen molar-refractivity contribution in [2.24, 2.45) is 22.2 Å². The maximum absolute atomic E-state index is 14.0. The number of nitrogens with zero attached hydrogens (tertiary/aromatic N) is 2. The zero-order chi connectivity index (χ0) is 27.9. The second-order valence-electron chi connectivity index (χ2n) is 10.6. The highest BCUT2D eigenvalue weighted by atomic mass is 35.5. The third-order valence-corrected chi connectivity index (χ3v) is 11.9. The largest absolute Gasteiger partial charge is 0.511 e. The first-order chi connectivity index (χ1) is 18.3. The van der Waals surface area contributed by atoms with Crippen molar-refractivity contribution >= 4 is 59.5 Å². The van der Waals surface area contributed by atoms with Crippen molar-refractivity contribution in [3.63, 3.8) is 0 Å². The Morgan fingerprint density at radius 2 is 2.00 bits per heavy atom. The summed E-state index contributed by atoms with van der Waals surface area (Å²) in [5, 5.41) is 16.3. The van der Waals surface area contributed by atoms with E-state index in [2.05, 4.69) is 9.71 Å². The van der Waals surface area contributed by atoms with Crippen LogP contribution in [-0.2, 0) is 37.6 Å². The number of amides is 1. The standard InChI is InChI=1S/C25H25ClFN3O6S3/c1-38(33,34)7-6-15-11-37-24-22(15)39(35,36)29-23(28-24)19-21(31)18-12-2-3-13(8-12)20(18)30(25(19)32)10-14-4-5-16(27)9-17(14)26/h4-5,9,11-13,18,20,31H,2-3,6-8,10H2,1H3,(H,28,29). The topological polar surface area (TPSA) is 133 Å². The van der Waals surface area contributed by atoms with Crippen molar-refractivity contribution in [3.05, 3.63) is 56.9 Å². The summed E-state index contributed by atoms with van der Waals surface area (Å²) in [5.41, 5.74) is 0.655. The number of carbonyl (C=O) groups excluding carboxylic acids is 1. The number of anilines is 1. The van der Waals surface area contributed by atoms with Gasteiger partial charge in [0.2, 0.25) is 0 Å². The first-order valence-corrected chi connectivity index (χ1v) is 17.2. The van der Waals surface area contributed by atoms with E-state index in [1.807, 2.05) is 0 Å². The molecule has 2 saturated carbocycles. The zero-order valence-corrected chi connectivity index (χ0v) is 23.9. The number of nitrogens with one attached hydrogen (secondary N) is 1. The van der Waals surface area contributed by atoms with Crippen LogP contribution < -0.4 is 5.32 Å². The second-order valence-corrected chi connectivity index (χ2v) is 15.7. The van der Waals surface area contributed by atoms with Gasteiger partial charge < -0.3 is 15.3 Å². The van der Waals surface area contributed by atoms with E-state index in [-0.39, 0.29) is 74.6 Å². The maximum atomic E-state index is 14.0. The number of sulfonamides is 1. The van der Waals surface area contributed by atoms with Gasteiger partial charge in [0.05, 0.1) is 5.75 Å². The molecule has 2 aromatic rings. The number of fused-ring (bicyclic) bond motifs is 6. The molecule has 6 rings (SSSR count). The molecule has 1 aromatic heterocycles. The molecule has 2 N–H and O–H groups in total. The van der Waals surface area contributed by atoms with Gasteiger partial charge in [-0.1, -0.05) is 17.7 Å². The highest BCUT2D eigenvalue weighted by Crippen LogP contribution is 2.55. The zero-order valence-electron chi connectivity index (χ0n) is 20.7. The number of hydrogen-bond donors (Lipinski definition) is 2. The van der Waals surface area contributed by atoms with Gasteiger partial charge in [-0.15, -0.1) is 15.7 Å². The second kappa shape index (κ2) is 9.28.